The fourth-order valence-electron chi connectivity index (χ4n) is 5.56. The number of amides is 3. The minimum atomic E-state index is -0.624. The Morgan fingerprint density at radius 2 is 1.65 bits per heavy atom. The molecule has 1 aromatic carbocycles. The summed E-state index contributed by atoms with van der Waals surface area (Å²) in [4.78, 5) is 37.9. The van der Waals surface area contributed by atoms with Gasteiger partial charge in [0.15, 0.2) is 0 Å². The van der Waals surface area contributed by atoms with Gasteiger partial charge in [0.2, 0.25) is 11.8 Å². The molecule has 4 N–H and O–H groups in total. The number of halogens is 1. The van der Waals surface area contributed by atoms with Crippen LogP contribution in [0.15, 0.2) is 58.2 Å². The summed E-state index contributed by atoms with van der Waals surface area (Å²) in [5.74, 6) is 1.23. The lowest BCUT2D eigenvalue weighted by atomic mass is 9.91. The van der Waals surface area contributed by atoms with Gasteiger partial charge in [-0.1, -0.05) is 29.8 Å². The van der Waals surface area contributed by atoms with Crippen molar-refractivity contribution in [3.63, 3.8) is 0 Å². The fraction of sp³-hybridized carbons (Fsp3) is 0.514. The average molecular weight is 655 g/mol. The maximum absolute atomic E-state index is 13.2. The third-order valence-corrected chi connectivity index (χ3v) is 8.51. The zero-order chi connectivity index (χ0) is 33.4. The number of carbonyl (C=O) groups is 3. The molecule has 2 aliphatic rings. The number of nitrogens with one attached hydrogen (secondary N) is 4. The van der Waals surface area contributed by atoms with Crippen molar-refractivity contribution in [3.8, 4) is 0 Å². The predicted octanol–water partition coefficient (Wildman–Crippen LogP) is 5.80. The van der Waals surface area contributed by atoms with Gasteiger partial charge in [0.25, 0.3) is 0 Å². The van der Waals surface area contributed by atoms with Crippen LogP contribution in [0.4, 0.5) is 4.79 Å². The number of ether oxygens (including phenoxy) is 2. The summed E-state index contributed by atoms with van der Waals surface area (Å²) < 4.78 is 17.1. The van der Waals surface area contributed by atoms with Crippen LogP contribution in [0.3, 0.4) is 0 Å². The van der Waals surface area contributed by atoms with Crippen molar-refractivity contribution in [3.05, 3.63) is 76.5 Å². The molecule has 46 heavy (non-hydrogen) atoms. The minimum Gasteiger partial charge on any atom is -0.500 e. The summed E-state index contributed by atoms with van der Waals surface area (Å²) in [5, 5.41) is 11.5. The van der Waals surface area contributed by atoms with E-state index >= 15 is 0 Å². The summed E-state index contributed by atoms with van der Waals surface area (Å²) in [6.07, 6.45) is 4.44. The predicted molar refractivity (Wildman–Crippen MR) is 178 cm³/mol. The highest BCUT2D eigenvalue weighted by molar-refractivity contribution is 6.26. The van der Waals surface area contributed by atoms with Crippen molar-refractivity contribution in [2.45, 2.75) is 102 Å². The van der Waals surface area contributed by atoms with Gasteiger partial charge in [-0.3, -0.25) is 9.59 Å². The number of alkyl carbamates (subject to hydrolysis) is 1. The van der Waals surface area contributed by atoms with Crippen LogP contribution < -0.4 is 21.3 Å². The van der Waals surface area contributed by atoms with Crippen LogP contribution in [0.2, 0.25) is 0 Å². The zero-order valence-corrected chi connectivity index (χ0v) is 28.4. The number of furan rings is 1. The third kappa shape index (κ3) is 10.1. The average Bonchev–Trinajstić information content (AvgIpc) is 3.47. The molecule has 1 heterocycles. The summed E-state index contributed by atoms with van der Waals surface area (Å²) in [6.45, 7) is 9.99. The van der Waals surface area contributed by atoms with Crippen molar-refractivity contribution < 1.29 is 28.3 Å². The number of benzene rings is 1. The largest absolute Gasteiger partial charge is 0.500 e. The van der Waals surface area contributed by atoms with Gasteiger partial charge in [0.05, 0.1) is 31.1 Å². The molecule has 0 saturated heterocycles. The van der Waals surface area contributed by atoms with E-state index in [-0.39, 0.29) is 30.6 Å². The van der Waals surface area contributed by atoms with Crippen molar-refractivity contribution in [1.82, 2.24) is 21.3 Å². The normalized spacial score (nSPS) is 20.8. The molecular weight excluding hydrogens is 608 g/mol. The summed E-state index contributed by atoms with van der Waals surface area (Å²) in [5.41, 5.74) is 2.83. The molecule has 3 amide bonds. The van der Waals surface area contributed by atoms with Gasteiger partial charge in [-0.15, -0.1) is 11.6 Å². The first kappa shape index (κ1) is 35.1. The van der Waals surface area contributed by atoms with Gasteiger partial charge in [0.1, 0.15) is 22.9 Å². The van der Waals surface area contributed by atoms with Gasteiger partial charge in [-0.2, -0.15) is 0 Å². The lowest BCUT2D eigenvalue weighted by molar-refractivity contribution is -0.125. The summed E-state index contributed by atoms with van der Waals surface area (Å²) >= 11 is 6.59. The Balaban J connectivity index is 1.28. The molecule has 0 spiro atoms. The summed E-state index contributed by atoms with van der Waals surface area (Å²) in [7, 11) is 1.57. The van der Waals surface area contributed by atoms with Crippen LogP contribution in [-0.2, 0) is 25.6 Å². The molecule has 0 radical (unpaired) electrons. The quantitative estimate of drug-likeness (QED) is 0.225. The van der Waals surface area contributed by atoms with E-state index in [1.807, 2.05) is 32.9 Å². The van der Waals surface area contributed by atoms with E-state index in [1.165, 1.54) is 11.1 Å². The first-order chi connectivity index (χ1) is 21.8. The van der Waals surface area contributed by atoms with E-state index in [0.717, 1.165) is 18.6 Å². The molecule has 2 aromatic rings. The molecule has 1 saturated carbocycles. The second kappa shape index (κ2) is 15.7. The Morgan fingerprint density at radius 3 is 2.28 bits per heavy atom. The Hall–Kier alpha value is -3.76. The molecule has 2 aliphatic carbocycles. The number of methoxy groups -OCH3 is 1. The topological polar surface area (TPSA) is 131 Å². The Morgan fingerprint density at radius 1 is 1.00 bits per heavy atom. The molecule has 0 aliphatic heterocycles. The van der Waals surface area contributed by atoms with Crippen LogP contribution in [0.1, 0.15) is 88.5 Å². The number of hydrogen-bond acceptors (Lipinski definition) is 7. The van der Waals surface area contributed by atoms with E-state index in [2.05, 4.69) is 59.4 Å². The number of rotatable bonds is 11. The van der Waals surface area contributed by atoms with Crippen LogP contribution >= 0.6 is 11.6 Å². The van der Waals surface area contributed by atoms with Gasteiger partial charge in [-0.25, -0.2) is 4.79 Å². The molecule has 11 heteroatoms. The van der Waals surface area contributed by atoms with E-state index in [0.29, 0.717) is 48.5 Å². The van der Waals surface area contributed by atoms with Gasteiger partial charge >= 0.3 is 6.09 Å². The smallest absolute Gasteiger partial charge is 0.407 e. The molecule has 2 unspecified atom stereocenters. The minimum absolute atomic E-state index is 0.00424. The molecular formula is C35H47ClN4O6. The highest BCUT2D eigenvalue weighted by Gasteiger charge is 2.30. The third-order valence-electron chi connectivity index (χ3n) is 8.12. The van der Waals surface area contributed by atoms with Crippen molar-refractivity contribution in [1.29, 1.82) is 0 Å². The maximum Gasteiger partial charge on any atom is 0.407 e. The van der Waals surface area contributed by atoms with Crippen molar-refractivity contribution >= 4 is 35.1 Å². The van der Waals surface area contributed by atoms with E-state index < -0.39 is 23.0 Å². The van der Waals surface area contributed by atoms with Crippen LogP contribution in [0.25, 0.3) is 5.57 Å². The standard InChI is InChI=1S/C35H47ClN4O6/c1-21-7-9-23(10-8-21)22(2)37-19-26-15-16-30(45-26)28-17-27(29(36)18-31(28)44-6)33(42)38-20-32(41)39-24-11-13-25(14-12-24)40-34(43)46-35(3,4)5/h7-10,15-17,22,24-25,29,37H,11-14,18-20H2,1-6H3,(H,38,42)(H,39,41)(H,40,43). The molecule has 2 atom stereocenters. The molecule has 1 fully saturated rings. The second-order valence-corrected chi connectivity index (χ2v) is 13.6. The number of allylic oxidation sites excluding steroid dienone is 3. The van der Waals surface area contributed by atoms with E-state index in [9.17, 15) is 14.4 Å². The SMILES string of the molecule is COC1=C(c2ccc(CNC(C)c3ccc(C)cc3)o2)C=C(C(=O)NCC(=O)NC2CCC(NC(=O)OC(C)(C)C)CC2)C(Cl)C1. The fourth-order valence-corrected chi connectivity index (χ4v) is 5.86. The van der Waals surface area contributed by atoms with E-state index in [1.54, 1.807) is 13.2 Å². The number of alkyl halides is 1. The Labute approximate surface area is 276 Å². The van der Waals surface area contributed by atoms with Gasteiger partial charge in [0, 0.05) is 30.1 Å². The first-order valence-corrected chi connectivity index (χ1v) is 16.3. The molecule has 10 nitrogen and oxygen atoms in total. The maximum atomic E-state index is 13.2. The number of hydrogen-bond donors (Lipinski definition) is 4. The van der Waals surface area contributed by atoms with Crippen LogP contribution in [0.5, 0.6) is 0 Å². The monoisotopic (exact) mass is 654 g/mol. The highest BCUT2D eigenvalue weighted by atomic mass is 35.5. The van der Waals surface area contributed by atoms with Gasteiger partial charge in [-0.05, 0) is 84.1 Å². The Kier molecular flexibility index (Phi) is 12.0. The molecule has 4 rings (SSSR count). The van der Waals surface area contributed by atoms with Crippen LogP contribution in [0, 0.1) is 6.92 Å². The summed E-state index contributed by atoms with van der Waals surface area (Å²) in [6, 6.07) is 12.3. The van der Waals surface area contributed by atoms with E-state index in [4.69, 9.17) is 25.5 Å². The molecule has 250 valence electrons. The number of carbonyl (C=O) groups excluding carboxylic acids is 3. The lowest BCUT2D eigenvalue weighted by Crippen LogP contribution is -2.47. The molecule has 1 aromatic heterocycles. The van der Waals surface area contributed by atoms with Crippen LogP contribution in [-0.4, -0.2) is 54.6 Å². The Bertz CT molecular complexity index is 1430. The second-order valence-electron chi connectivity index (χ2n) is 13.0. The van der Waals surface area contributed by atoms with Crippen molar-refractivity contribution in [2.75, 3.05) is 13.7 Å². The lowest BCUT2D eigenvalue weighted by Gasteiger charge is -2.30. The molecule has 0 bridgehead atoms. The first-order valence-electron chi connectivity index (χ1n) is 15.9. The zero-order valence-electron chi connectivity index (χ0n) is 27.6. The number of aryl methyl sites for hydroxylation is 1. The highest BCUT2D eigenvalue weighted by Crippen LogP contribution is 2.35. The van der Waals surface area contributed by atoms with Crippen molar-refractivity contribution in [2.24, 2.45) is 0 Å². The van der Waals surface area contributed by atoms with Gasteiger partial charge < -0.3 is 35.2 Å².